The third kappa shape index (κ3) is 5.16. The Bertz CT molecular complexity index is 1450. The molecule has 7 nitrogen and oxygen atoms in total. The number of aromatic nitrogens is 3. The second-order valence-electron chi connectivity index (χ2n) is 7.74. The number of nitrogens with one attached hydrogen (secondary N) is 1. The Morgan fingerprint density at radius 2 is 1.94 bits per heavy atom. The van der Waals surface area contributed by atoms with Crippen molar-refractivity contribution >= 4 is 17.4 Å². The number of benzene rings is 3. The Hall–Kier alpha value is -3.82. The first kappa shape index (κ1) is 24.3. The molecule has 0 spiro atoms. The van der Waals surface area contributed by atoms with Crippen LogP contribution in [0.1, 0.15) is 33.5 Å². The number of H-pyrrole nitrogens is 1. The van der Waals surface area contributed by atoms with Crippen LogP contribution in [0.3, 0.4) is 0 Å². The zero-order valence-corrected chi connectivity index (χ0v) is 19.4. The second-order valence-corrected chi connectivity index (χ2v) is 8.15. The fourth-order valence-electron chi connectivity index (χ4n) is 3.66. The fraction of sp³-hybridized carbons (Fsp3) is 0.160. The van der Waals surface area contributed by atoms with Gasteiger partial charge in [0.15, 0.2) is 11.6 Å². The maximum Gasteiger partial charge on any atom is 0.348 e. The highest BCUT2D eigenvalue weighted by molar-refractivity contribution is 6.33. The van der Waals surface area contributed by atoms with Crippen LogP contribution in [0.25, 0.3) is 17.1 Å². The lowest BCUT2D eigenvalue weighted by atomic mass is 10.0. The standard InChI is InChI=1S/C25H21ClF2N4O3/c1-35-22-12-17(6-7-18(22)21(33)11-14-3-2-4-16(9-14)23(27)28)32-25(34)30-24(31-32)19-10-15(13-29)5-8-20(19)26/h2-10,12,23H,11,13,29H2,1H3,(H,30,31,34). The number of Topliss-reactive ketones (excluding diaryl/α,β-unsaturated/α-hetero) is 1. The quantitative estimate of drug-likeness (QED) is 0.342. The molecular weight excluding hydrogens is 478 g/mol. The first-order valence-electron chi connectivity index (χ1n) is 10.6. The lowest BCUT2D eigenvalue weighted by molar-refractivity contribution is 0.0989. The first-order chi connectivity index (χ1) is 16.8. The summed E-state index contributed by atoms with van der Waals surface area (Å²) in [6, 6.07) is 15.5. The third-order valence-electron chi connectivity index (χ3n) is 5.44. The molecule has 0 bridgehead atoms. The van der Waals surface area contributed by atoms with Gasteiger partial charge in [0.05, 0.1) is 23.4 Å². The molecule has 0 fully saturated rings. The summed E-state index contributed by atoms with van der Waals surface area (Å²) in [6.07, 6.45) is -2.71. The third-order valence-corrected chi connectivity index (χ3v) is 5.77. The van der Waals surface area contributed by atoms with Gasteiger partial charge in [0, 0.05) is 30.2 Å². The smallest absolute Gasteiger partial charge is 0.348 e. The Morgan fingerprint density at radius 1 is 1.14 bits per heavy atom. The molecule has 10 heteroatoms. The predicted molar refractivity (Wildman–Crippen MR) is 129 cm³/mol. The number of ether oxygens (including phenoxy) is 1. The van der Waals surface area contributed by atoms with Crippen molar-refractivity contribution in [3.8, 4) is 22.8 Å². The minimum Gasteiger partial charge on any atom is -0.496 e. The van der Waals surface area contributed by atoms with Gasteiger partial charge in [0.25, 0.3) is 6.43 Å². The van der Waals surface area contributed by atoms with E-state index in [1.54, 1.807) is 30.3 Å². The van der Waals surface area contributed by atoms with E-state index in [-0.39, 0.29) is 34.9 Å². The van der Waals surface area contributed by atoms with Crippen molar-refractivity contribution in [2.75, 3.05) is 7.11 Å². The number of halogens is 3. The number of alkyl halides is 2. The molecule has 0 unspecified atom stereocenters. The lowest BCUT2D eigenvalue weighted by Gasteiger charge is -2.10. The monoisotopic (exact) mass is 498 g/mol. The maximum absolute atomic E-state index is 13.0. The molecule has 1 aromatic heterocycles. The molecule has 4 aromatic rings. The molecule has 4 rings (SSSR count). The van der Waals surface area contributed by atoms with Gasteiger partial charge in [-0.2, -0.15) is 4.68 Å². The summed E-state index contributed by atoms with van der Waals surface area (Å²) in [7, 11) is 1.39. The van der Waals surface area contributed by atoms with E-state index in [1.165, 1.54) is 37.4 Å². The molecule has 0 aliphatic carbocycles. The first-order valence-corrected chi connectivity index (χ1v) is 10.9. The van der Waals surface area contributed by atoms with E-state index in [0.29, 0.717) is 28.4 Å². The molecule has 180 valence electrons. The minimum absolute atomic E-state index is 0.0846. The van der Waals surface area contributed by atoms with Crippen molar-refractivity contribution in [2.24, 2.45) is 5.73 Å². The van der Waals surface area contributed by atoms with Gasteiger partial charge in [-0.3, -0.25) is 9.78 Å². The highest BCUT2D eigenvalue weighted by Gasteiger charge is 2.18. The zero-order chi connectivity index (χ0) is 25.1. The molecule has 0 amide bonds. The average molecular weight is 499 g/mol. The van der Waals surface area contributed by atoms with E-state index in [0.717, 1.165) is 10.2 Å². The van der Waals surface area contributed by atoms with Crippen LogP contribution in [0, 0.1) is 0 Å². The number of rotatable bonds is 8. The van der Waals surface area contributed by atoms with Gasteiger partial charge in [0.1, 0.15) is 5.75 Å². The van der Waals surface area contributed by atoms with Crippen molar-refractivity contribution in [3.63, 3.8) is 0 Å². The number of ketones is 1. The van der Waals surface area contributed by atoms with Crippen LogP contribution in [0.15, 0.2) is 65.5 Å². The topological polar surface area (TPSA) is 103 Å². The largest absolute Gasteiger partial charge is 0.496 e. The van der Waals surface area contributed by atoms with Gasteiger partial charge in [-0.1, -0.05) is 35.9 Å². The van der Waals surface area contributed by atoms with Crippen LogP contribution in [-0.2, 0) is 13.0 Å². The van der Waals surface area contributed by atoms with Crippen LogP contribution in [0.2, 0.25) is 5.02 Å². The predicted octanol–water partition coefficient (Wildman–Crippen LogP) is 4.71. The van der Waals surface area contributed by atoms with Crippen molar-refractivity contribution in [3.05, 3.63) is 98.4 Å². The number of aromatic amines is 1. The summed E-state index contributed by atoms with van der Waals surface area (Å²) in [5.74, 6) is 0.158. The van der Waals surface area contributed by atoms with Gasteiger partial charge in [-0.05, 0) is 41.5 Å². The Labute approximate surface area is 204 Å². The van der Waals surface area contributed by atoms with Gasteiger partial charge in [-0.15, -0.1) is 5.10 Å². The van der Waals surface area contributed by atoms with Gasteiger partial charge < -0.3 is 10.5 Å². The van der Waals surface area contributed by atoms with E-state index < -0.39 is 12.1 Å². The molecule has 3 N–H and O–H groups in total. The van der Waals surface area contributed by atoms with Crippen LogP contribution in [0.4, 0.5) is 8.78 Å². The average Bonchev–Trinajstić information content (AvgIpc) is 3.25. The van der Waals surface area contributed by atoms with E-state index in [1.807, 2.05) is 0 Å². The molecule has 1 heterocycles. The molecule has 3 aromatic carbocycles. The highest BCUT2D eigenvalue weighted by Crippen LogP contribution is 2.28. The molecule has 0 saturated carbocycles. The molecular formula is C25H21ClF2N4O3. The van der Waals surface area contributed by atoms with Crippen LogP contribution < -0.4 is 16.2 Å². The summed E-state index contributed by atoms with van der Waals surface area (Å²) in [5, 5.41) is 4.74. The molecule has 35 heavy (non-hydrogen) atoms. The summed E-state index contributed by atoms with van der Waals surface area (Å²) in [5.41, 5.74) is 7.45. The Balaban J connectivity index is 1.65. The molecule has 0 aliphatic heterocycles. The van der Waals surface area contributed by atoms with E-state index >= 15 is 0 Å². The van der Waals surface area contributed by atoms with Crippen molar-refractivity contribution in [2.45, 2.75) is 19.4 Å². The van der Waals surface area contributed by atoms with Gasteiger partial charge >= 0.3 is 5.69 Å². The van der Waals surface area contributed by atoms with E-state index in [2.05, 4.69) is 10.1 Å². The number of hydrogen-bond donors (Lipinski definition) is 2. The van der Waals surface area contributed by atoms with Crippen molar-refractivity contribution < 1.29 is 18.3 Å². The maximum atomic E-state index is 13.0. The van der Waals surface area contributed by atoms with Crippen LogP contribution >= 0.6 is 11.6 Å². The van der Waals surface area contributed by atoms with Gasteiger partial charge in [0.2, 0.25) is 0 Å². The number of nitrogens with zero attached hydrogens (tertiary/aromatic N) is 2. The summed E-state index contributed by atoms with van der Waals surface area (Å²) < 4.78 is 32.5. The van der Waals surface area contributed by atoms with Crippen molar-refractivity contribution in [1.82, 2.24) is 14.8 Å². The Morgan fingerprint density at radius 3 is 2.66 bits per heavy atom. The number of carbonyl (C=O) groups excluding carboxylic acids is 1. The van der Waals surface area contributed by atoms with E-state index in [4.69, 9.17) is 22.1 Å². The summed E-state index contributed by atoms with van der Waals surface area (Å²) >= 11 is 6.28. The normalized spacial score (nSPS) is 11.1. The molecule has 0 aliphatic rings. The highest BCUT2D eigenvalue weighted by atomic mass is 35.5. The number of nitrogens with two attached hydrogens (primary N) is 1. The number of carbonyl (C=O) groups is 1. The SMILES string of the molecule is COc1cc(-n2nc(-c3cc(CN)ccc3Cl)[nH]c2=O)ccc1C(=O)Cc1cccc(C(F)F)c1. The Kier molecular flexibility index (Phi) is 7.09. The molecule has 0 atom stereocenters. The summed E-state index contributed by atoms with van der Waals surface area (Å²) in [6.45, 7) is 0.300. The number of hydrogen-bond acceptors (Lipinski definition) is 5. The van der Waals surface area contributed by atoms with Crippen LogP contribution in [-0.4, -0.2) is 27.7 Å². The van der Waals surface area contributed by atoms with Crippen LogP contribution in [0.5, 0.6) is 5.75 Å². The van der Waals surface area contributed by atoms with Gasteiger partial charge in [-0.25, -0.2) is 13.6 Å². The van der Waals surface area contributed by atoms with Crippen molar-refractivity contribution in [1.29, 1.82) is 0 Å². The fourth-order valence-corrected chi connectivity index (χ4v) is 3.87. The summed E-state index contributed by atoms with van der Waals surface area (Å²) in [4.78, 5) is 28.2. The second kappa shape index (κ2) is 10.2. The molecule has 0 radical (unpaired) electrons. The zero-order valence-electron chi connectivity index (χ0n) is 18.6. The lowest BCUT2D eigenvalue weighted by Crippen LogP contribution is -2.16. The minimum atomic E-state index is -2.62. The van der Waals surface area contributed by atoms with E-state index in [9.17, 15) is 18.4 Å². The number of methoxy groups -OCH3 is 1. The molecule has 0 saturated heterocycles.